The Morgan fingerprint density at radius 1 is 1.11 bits per heavy atom. The van der Waals surface area contributed by atoms with Crippen molar-refractivity contribution in [2.75, 3.05) is 4.90 Å². The minimum absolute atomic E-state index is 0.0639. The summed E-state index contributed by atoms with van der Waals surface area (Å²) in [4.78, 5) is 38.3. The van der Waals surface area contributed by atoms with Crippen LogP contribution in [-0.4, -0.2) is 23.4 Å². The van der Waals surface area contributed by atoms with Crippen LogP contribution in [0.25, 0.3) is 0 Å². The van der Waals surface area contributed by atoms with Crippen LogP contribution in [0.2, 0.25) is 0 Å². The van der Waals surface area contributed by atoms with Gasteiger partial charge < -0.3 is 0 Å². The highest BCUT2D eigenvalue weighted by Gasteiger charge is 2.48. The monoisotopic (exact) mass is 369 g/mol. The molecule has 1 heterocycles. The molecule has 1 aliphatic carbocycles. The maximum atomic E-state index is 12.7. The number of rotatable bonds is 6. The second kappa shape index (κ2) is 8.46. The van der Waals surface area contributed by atoms with Gasteiger partial charge in [0.05, 0.1) is 23.2 Å². The molecule has 6 heteroatoms. The number of hydrogen-bond donors (Lipinski definition) is 1. The predicted molar refractivity (Wildman–Crippen MR) is 104 cm³/mol. The van der Waals surface area contributed by atoms with Gasteiger partial charge in [-0.2, -0.15) is 5.10 Å². The first kappa shape index (κ1) is 19.3. The van der Waals surface area contributed by atoms with Gasteiger partial charge >= 0.3 is 0 Å². The van der Waals surface area contributed by atoms with Gasteiger partial charge in [-0.05, 0) is 43.9 Å². The molecule has 2 atom stereocenters. The number of carbonyl (C=O) groups excluding carboxylic acids is 3. The molecule has 1 saturated carbocycles. The van der Waals surface area contributed by atoms with E-state index in [0.717, 1.165) is 44.1 Å². The van der Waals surface area contributed by atoms with Crippen LogP contribution in [-0.2, 0) is 14.4 Å². The fourth-order valence-corrected chi connectivity index (χ4v) is 3.87. The Labute approximate surface area is 160 Å². The second-order valence-corrected chi connectivity index (χ2v) is 7.39. The van der Waals surface area contributed by atoms with Gasteiger partial charge in [0.1, 0.15) is 0 Å². The van der Waals surface area contributed by atoms with E-state index < -0.39 is 0 Å². The van der Waals surface area contributed by atoms with Crippen LogP contribution in [0, 0.1) is 11.8 Å². The van der Waals surface area contributed by atoms with Crippen molar-refractivity contribution >= 4 is 29.1 Å². The number of nitrogens with one attached hydrogen (secondary N) is 1. The maximum absolute atomic E-state index is 12.7. The van der Waals surface area contributed by atoms with Crippen molar-refractivity contribution in [2.24, 2.45) is 16.9 Å². The van der Waals surface area contributed by atoms with Crippen molar-refractivity contribution in [3.05, 3.63) is 29.8 Å². The van der Waals surface area contributed by atoms with Gasteiger partial charge in [-0.15, -0.1) is 0 Å². The highest BCUT2D eigenvalue weighted by molar-refractivity contribution is 6.22. The minimum atomic E-state index is -0.146. The maximum Gasteiger partial charge on any atom is 0.240 e. The topological polar surface area (TPSA) is 78.8 Å². The van der Waals surface area contributed by atoms with Crippen LogP contribution >= 0.6 is 0 Å². The van der Waals surface area contributed by atoms with Crippen molar-refractivity contribution in [3.63, 3.8) is 0 Å². The largest absolute Gasteiger partial charge is 0.274 e. The SMILES string of the molecule is CCCCC(=O)N/N=C(/C)c1ccc(N2C(=O)[C@H]3CCCC[C@@H]3C2=O)cc1. The molecule has 1 aromatic rings. The quantitative estimate of drug-likeness (QED) is 0.474. The summed E-state index contributed by atoms with van der Waals surface area (Å²) < 4.78 is 0. The third-order valence-electron chi connectivity index (χ3n) is 5.49. The summed E-state index contributed by atoms with van der Waals surface area (Å²) in [6.45, 7) is 3.85. The van der Waals surface area contributed by atoms with Crippen LogP contribution in [0.1, 0.15) is 64.4 Å². The first-order valence-corrected chi connectivity index (χ1v) is 9.84. The zero-order chi connectivity index (χ0) is 19.4. The molecule has 0 unspecified atom stereocenters. The third kappa shape index (κ3) is 4.10. The smallest absolute Gasteiger partial charge is 0.240 e. The number of imide groups is 1. The minimum Gasteiger partial charge on any atom is -0.274 e. The second-order valence-electron chi connectivity index (χ2n) is 7.39. The summed E-state index contributed by atoms with van der Waals surface area (Å²) in [5.74, 6) is -0.513. The van der Waals surface area contributed by atoms with Crippen LogP contribution in [0.3, 0.4) is 0 Å². The first-order valence-electron chi connectivity index (χ1n) is 9.84. The van der Waals surface area contributed by atoms with E-state index in [-0.39, 0.29) is 29.6 Å². The molecule has 144 valence electrons. The van der Waals surface area contributed by atoms with Crippen LogP contribution < -0.4 is 10.3 Å². The fraction of sp³-hybridized carbons (Fsp3) is 0.524. The molecule has 0 aromatic heterocycles. The average molecular weight is 369 g/mol. The van der Waals surface area contributed by atoms with Gasteiger partial charge in [0.25, 0.3) is 0 Å². The molecule has 3 rings (SSSR count). The Kier molecular flexibility index (Phi) is 6.04. The molecule has 0 bridgehead atoms. The van der Waals surface area contributed by atoms with Crippen molar-refractivity contribution < 1.29 is 14.4 Å². The van der Waals surface area contributed by atoms with E-state index >= 15 is 0 Å². The standard InChI is InChI=1S/C21H27N3O3/c1-3-4-9-19(25)23-22-14(2)15-10-12-16(13-11-15)24-20(26)17-7-5-6-8-18(17)21(24)27/h10-13,17-18H,3-9H2,1-2H3,(H,23,25)/b22-14-/t17-,18-/m0/s1. The normalized spacial score (nSPS) is 22.7. The molecule has 0 radical (unpaired) electrons. The first-order chi connectivity index (χ1) is 13.0. The van der Waals surface area contributed by atoms with E-state index in [0.29, 0.717) is 17.8 Å². The number of carbonyl (C=O) groups is 3. The van der Waals surface area contributed by atoms with Crippen LogP contribution in [0.4, 0.5) is 5.69 Å². The number of benzene rings is 1. The number of nitrogens with zero attached hydrogens (tertiary/aromatic N) is 2. The molecule has 6 nitrogen and oxygen atoms in total. The highest BCUT2D eigenvalue weighted by atomic mass is 16.2. The van der Waals surface area contributed by atoms with E-state index in [4.69, 9.17) is 0 Å². The predicted octanol–water partition coefficient (Wildman–Crippen LogP) is 3.40. The summed E-state index contributed by atoms with van der Waals surface area (Å²) in [5, 5.41) is 4.13. The van der Waals surface area contributed by atoms with E-state index in [1.165, 1.54) is 4.90 Å². The highest BCUT2D eigenvalue weighted by Crippen LogP contribution is 2.40. The van der Waals surface area contributed by atoms with Crippen molar-refractivity contribution in [3.8, 4) is 0 Å². The van der Waals surface area contributed by atoms with Gasteiger partial charge in [0.2, 0.25) is 17.7 Å². The van der Waals surface area contributed by atoms with Gasteiger partial charge in [-0.25, -0.2) is 5.43 Å². The molecular formula is C21H27N3O3. The molecule has 1 aromatic carbocycles. The van der Waals surface area contributed by atoms with Gasteiger partial charge in [0, 0.05) is 6.42 Å². The molecule has 2 aliphatic rings. The summed E-state index contributed by atoms with van der Waals surface area (Å²) in [7, 11) is 0. The number of hydrogen-bond acceptors (Lipinski definition) is 4. The van der Waals surface area contributed by atoms with E-state index in [2.05, 4.69) is 10.5 Å². The Hall–Kier alpha value is -2.50. The summed E-state index contributed by atoms with van der Waals surface area (Å²) >= 11 is 0. The number of anilines is 1. The molecule has 2 fully saturated rings. The van der Waals surface area contributed by atoms with Gasteiger partial charge in [-0.3, -0.25) is 19.3 Å². The van der Waals surface area contributed by atoms with Crippen molar-refractivity contribution in [1.82, 2.24) is 5.43 Å². The van der Waals surface area contributed by atoms with Gasteiger partial charge in [0.15, 0.2) is 0 Å². The number of amides is 3. The lowest BCUT2D eigenvalue weighted by molar-refractivity contribution is -0.123. The van der Waals surface area contributed by atoms with E-state index in [1.807, 2.05) is 26.0 Å². The summed E-state index contributed by atoms with van der Waals surface area (Å²) in [6.07, 6.45) is 5.94. The van der Waals surface area contributed by atoms with Gasteiger partial charge in [-0.1, -0.05) is 38.3 Å². The van der Waals surface area contributed by atoms with Crippen LogP contribution in [0.5, 0.6) is 0 Å². The van der Waals surface area contributed by atoms with Crippen molar-refractivity contribution in [1.29, 1.82) is 0 Å². The average Bonchev–Trinajstić information content (AvgIpc) is 2.95. The third-order valence-corrected chi connectivity index (χ3v) is 5.49. The summed E-state index contributed by atoms with van der Waals surface area (Å²) in [5.41, 5.74) is 4.70. The Morgan fingerprint density at radius 3 is 2.26 bits per heavy atom. The van der Waals surface area contributed by atoms with Crippen molar-refractivity contribution in [2.45, 2.75) is 58.8 Å². The molecule has 0 spiro atoms. The number of fused-ring (bicyclic) bond motifs is 1. The van der Waals surface area contributed by atoms with Crippen LogP contribution in [0.15, 0.2) is 29.4 Å². The lowest BCUT2D eigenvalue weighted by atomic mass is 9.81. The lowest BCUT2D eigenvalue weighted by Crippen LogP contribution is -2.30. The number of hydrazone groups is 1. The molecule has 1 aliphatic heterocycles. The fourth-order valence-electron chi connectivity index (χ4n) is 3.87. The lowest BCUT2D eigenvalue weighted by Gasteiger charge is -2.19. The Bertz CT molecular complexity index is 730. The molecule has 27 heavy (non-hydrogen) atoms. The van der Waals surface area contributed by atoms with E-state index in [1.54, 1.807) is 12.1 Å². The molecule has 1 saturated heterocycles. The number of unbranched alkanes of at least 4 members (excludes halogenated alkanes) is 1. The van der Waals surface area contributed by atoms with E-state index in [9.17, 15) is 14.4 Å². The molecular weight excluding hydrogens is 342 g/mol. The zero-order valence-electron chi connectivity index (χ0n) is 16.0. The Balaban J connectivity index is 1.69. The Morgan fingerprint density at radius 2 is 1.70 bits per heavy atom. The molecule has 3 amide bonds. The summed E-state index contributed by atoms with van der Waals surface area (Å²) in [6, 6.07) is 7.21. The zero-order valence-corrected chi connectivity index (χ0v) is 16.0. The molecule has 1 N–H and O–H groups in total.